The first-order valence-corrected chi connectivity index (χ1v) is 10.3. The van der Waals surface area contributed by atoms with Crippen molar-refractivity contribution in [2.75, 3.05) is 12.3 Å². The van der Waals surface area contributed by atoms with Crippen molar-refractivity contribution in [1.82, 2.24) is 4.90 Å². The summed E-state index contributed by atoms with van der Waals surface area (Å²) >= 11 is 5.41. The molecule has 132 valence electrons. The number of hydrogen-bond acceptors (Lipinski definition) is 4. The van der Waals surface area contributed by atoms with E-state index in [0.717, 1.165) is 45.3 Å². The van der Waals surface area contributed by atoms with E-state index in [9.17, 15) is 5.26 Å². The number of nitriles is 1. The van der Waals surface area contributed by atoms with Crippen LogP contribution in [0.3, 0.4) is 0 Å². The summed E-state index contributed by atoms with van der Waals surface area (Å²) in [6, 6.07) is 18.4. The summed E-state index contributed by atoms with van der Waals surface area (Å²) in [4.78, 5) is 7.02. The van der Waals surface area contributed by atoms with Crippen LogP contribution < -0.4 is 0 Å². The standard InChI is InChI=1S/C21H20BrN3S/c1-3-26-21-24-15(2)20(22)14-25(21)13-16-8-10-17(11-9-16)19-7-5-4-6-18(19)12-23/h4-11H,3,13-14H2,1-2H3. The normalized spacial score (nSPS) is 14.2. The highest BCUT2D eigenvalue weighted by Gasteiger charge is 2.19. The van der Waals surface area contributed by atoms with E-state index in [1.165, 1.54) is 5.56 Å². The van der Waals surface area contributed by atoms with E-state index >= 15 is 0 Å². The molecule has 0 radical (unpaired) electrons. The van der Waals surface area contributed by atoms with E-state index in [1.54, 1.807) is 11.8 Å². The van der Waals surface area contributed by atoms with E-state index in [0.29, 0.717) is 5.56 Å². The van der Waals surface area contributed by atoms with Gasteiger partial charge in [0.1, 0.15) is 0 Å². The van der Waals surface area contributed by atoms with Crippen molar-refractivity contribution in [3.8, 4) is 17.2 Å². The predicted octanol–water partition coefficient (Wildman–Crippen LogP) is 5.78. The summed E-state index contributed by atoms with van der Waals surface area (Å²) in [5.41, 5.74) is 5.03. The summed E-state index contributed by atoms with van der Waals surface area (Å²) in [6.07, 6.45) is 0. The molecule has 2 aromatic rings. The molecule has 0 aromatic heterocycles. The third kappa shape index (κ3) is 4.20. The van der Waals surface area contributed by atoms with Crippen molar-refractivity contribution >= 4 is 32.9 Å². The number of amidine groups is 1. The Kier molecular flexibility index (Phi) is 6.18. The summed E-state index contributed by atoms with van der Waals surface area (Å²) in [7, 11) is 0. The number of hydrogen-bond donors (Lipinski definition) is 0. The van der Waals surface area contributed by atoms with Gasteiger partial charge in [-0.1, -0.05) is 77.1 Å². The molecule has 2 aromatic carbocycles. The van der Waals surface area contributed by atoms with Gasteiger partial charge in [0.25, 0.3) is 0 Å². The number of halogens is 1. The third-order valence-corrected chi connectivity index (χ3v) is 5.94. The van der Waals surface area contributed by atoms with Gasteiger partial charge in [0.05, 0.1) is 23.9 Å². The zero-order valence-corrected chi connectivity index (χ0v) is 17.3. The van der Waals surface area contributed by atoms with Crippen LogP contribution in [0.15, 0.2) is 63.7 Å². The minimum absolute atomic E-state index is 0.703. The molecular weight excluding hydrogens is 406 g/mol. The van der Waals surface area contributed by atoms with Crippen LogP contribution in [0, 0.1) is 11.3 Å². The average Bonchev–Trinajstić information content (AvgIpc) is 2.66. The minimum atomic E-state index is 0.703. The molecule has 26 heavy (non-hydrogen) atoms. The van der Waals surface area contributed by atoms with E-state index < -0.39 is 0 Å². The number of aliphatic imine (C=N–C) groups is 1. The molecule has 0 atom stereocenters. The summed E-state index contributed by atoms with van der Waals surface area (Å²) in [6.45, 7) is 5.85. The molecule has 0 amide bonds. The molecule has 1 aliphatic rings. The van der Waals surface area contributed by atoms with Crippen LogP contribution >= 0.6 is 27.7 Å². The number of allylic oxidation sites excluding steroid dienone is 1. The fourth-order valence-electron chi connectivity index (χ4n) is 2.84. The molecule has 0 unspecified atom stereocenters. The van der Waals surface area contributed by atoms with Crippen molar-refractivity contribution in [2.24, 2.45) is 4.99 Å². The highest BCUT2D eigenvalue weighted by atomic mass is 79.9. The van der Waals surface area contributed by atoms with Gasteiger partial charge in [0, 0.05) is 11.0 Å². The Morgan fingerprint density at radius 3 is 2.62 bits per heavy atom. The Balaban J connectivity index is 1.80. The average molecular weight is 426 g/mol. The van der Waals surface area contributed by atoms with Crippen molar-refractivity contribution in [2.45, 2.75) is 20.4 Å². The van der Waals surface area contributed by atoms with E-state index in [-0.39, 0.29) is 0 Å². The zero-order chi connectivity index (χ0) is 18.5. The molecule has 0 saturated carbocycles. The molecule has 0 saturated heterocycles. The lowest BCUT2D eigenvalue weighted by molar-refractivity contribution is 0.455. The molecule has 1 aliphatic heterocycles. The first-order chi connectivity index (χ1) is 12.6. The Bertz CT molecular complexity index is 894. The fourth-order valence-corrected chi connectivity index (χ4v) is 4.01. The van der Waals surface area contributed by atoms with Crippen molar-refractivity contribution in [3.05, 3.63) is 69.8 Å². The minimum Gasteiger partial charge on any atom is -0.342 e. The Labute approximate surface area is 167 Å². The maximum absolute atomic E-state index is 9.30. The highest BCUT2D eigenvalue weighted by molar-refractivity contribution is 9.11. The lowest BCUT2D eigenvalue weighted by Gasteiger charge is -2.29. The third-order valence-electron chi connectivity index (χ3n) is 4.22. The first-order valence-electron chi connectivity index (χ1n) is 8.52. The molecule has 0 spiro atoms. The Morgan fingerprint density at radius 1 is 1.19 bits per heavy atom. The quantitative estimate of drug-likeness (QED) is 0.623. The van der Waals surface area contributed by atoms with Crippen LogP contribution in [0.25, 0.3) is 11.1 Å². The van der Waals surface area contributed by atoms with E-state index in [4.69, 9.17) is 4.99 Å². The van der Waals surface area contributed by atoms with Crippen LogP contribution in [0.4, 0.5) is 0 Å². The highest BCUT2D eigenvalue weighted by Crippen LogP contribution is 2.27. The maximum atomic E-state index is 9.30. The second kappa shape index (κ2) is 8.57. The monoisotopic (exact) mass is 425 g/mol. The topological polar surface area (TPSA) is 39.4 Å². The first kappa shape index (κ1) is 18.8. The molecular formula is C21H20BrN3S. The molecule has 0 aliphatic carbocycles. The van der Waals surface area contributed by atoms with Crippen molar-refractivity contribution in [3.63, 3.8) is 0 Å². The van der Waals surface area contributed by atoms with Crippen LogP contribution in [0.1, 0.15) is 25.0 Å². The molecule has 1 heterocycles. The van der Waals surface area contributed by atoms with E-state index in [1.807, 2.05) is 31.2 Å². The van der Waals surface area contributed by atoms with Crippen LogP contribution in [-0.2, 0) is 6.54 Å². The Morgan fingerprint density at radius 2 is 1.92 bits per heavy atom. The van der Waals surface area contributed by atoms with Crippen LogP contribution in [0.2, 0.25) is 0 Å². The summed E-state index contributed by atoms with van der Waals surface area (Å²) in [5.74, 6) is 1.00. The van der Waals surface area contributed by atoms with Gasteiger partial charge in [-0.25, -0.2) is 4.99 Å². The van der Waals surface area contributed by atoms with E-state index in [2.05, 4.69) is 58.1 Å². The van der Waals surface area contributed by atoms with Gasteiger partial charge in [-0.3, -0.25) is 0 Å². The molecule has 0 bridgehead atoms. The fraction of sp³-hybridized carbons (Fsp3) is 0.238. The number of thioether (sulfide) groups is 1. The number of nitrogens with zero attached hydrogens (tertiary/aromatic N) is 3. The van der Waals surface area contributed by atoms with Gasteiger partial charge in [-0.2, -0.15) is 5.26 Å². The smallest absolute Gasteiger partial charge is 0.164 e. The summed E-state index contributed by atoms with van der Waals surface area (Å²) < 4.78 is 1.14. The predicted molar refractivity (Wildman–Crippen MR) is 114 cm³/mol. The van der Waals surface area contributed by atoms with Gasteiger partial charge in [0.2, 0.25) is 0 Å². The number of benzene rings is 2. The number of rotatable bonds is 4. The molecule has 5 heteroatoms. The summed E-state index contributed by atoms with van der Waals surface area (Å²) in [5, 5.41) is 10.4. The Hall–Kier alpha value is -2.03. The lowest BCUT2D eigenvalue weighted by atomic mass is 9.99. The zero-order valence-electron chi connectivity index (χ0n) is 14.9. The van der Waals surface area contributed by atoms with Gasteiger partial charge >= 0.3 is 0 Å². The second-order valence-electron chi connectivity index (χ2n) is 6.03. The van der Waals surface area contributed by atoms with Gasteiger partial charge < -0.3 is 4.90 Å². The molecule has 3 rings (SSSR count). The lowest BCUT2D eigenvalue weighted by Crippen LogP contribution is -2.32. The maximum Gasteiger partial charge on any atom is 0.164 e. The molecule has 3 nitrogen and oxygen atoms in total. The molecule has 0 fully saturated rings. The molecule has 0 N–H and O–H groups in total. The SMILES string of the molecule is CCSC1=NC(C)=C(Br)CN1Cc1ccc(-c2ccccc2C#N)cc1. The van der Waals surface area contributed by atoms with Gasteiger partial charge in [-0.05, 0) is 35.4 Å². The van der Waals surface area contributed by atoms with Crippen molar-refractivity contribution < 1.29 is 0 Å². The van der Waals surface area contributed by atoms with Crippen molar-refractivity contribution in [1.29, 1.82) is 5.26 Å². The largest absolute Gasteiger partial charge is 0.342 e. The van der Waals surface area contributed by atoms with Gasteiger partial charge in [0.15, 0.2) is 5.17 Å². The second-order valence-corrected chi connectivity index (χ2v) is 8.22. The van der Waals surface area contributed by atoms with Crippen LogP contribution in [0.5, 0.6) is 0 Å². The van der Waals surface area contributed by atoms with Gasteiger partial charge in [-0.15, -0.1) is 0 Å². The van der Waals surface area contributed by atoms with Crippen LogP contribution in [-0.4, -0.2) is 22.4 Å².